The van der Waals surface area contributed by atoms with Crippen LogP contribution in [-0.2, 0) is 0 Å². The fourth-order valence-electron chi connectivity index (χ4n) is 2.74. The van der Waals surface area contributed by atoms with Crippen molar-refractivity contribution in [2.75, 3.05) is 5.32 Å². The fourth-order valence-corrected chi connectivity index (χ4v) is 2.74. The minimum absolute atomic E-state index is 0.0984. The van der Waals surface area contributed by atoms with Gasteiger partial charge in [-0.1, -0.05) is 6.08 Å². The van der Waals surface area contributed by atoms with Crippen LogP contribution in [0.2, 0.25) is 0 Å². The Morgan fingerprint density at radius 2 is 2.04 bits per heavy atom. The minimum atomic E-state index is -0.437. The maximum absolute atomic E-state index is 14.7. The topological polar surface area (TPSA) is 91.5 Å². The van der Waals surface area contributed by atoms with E-state index < -0.39 is 5.82 Å². The maximum atomic E-state index is 14.7. The SMILES string of the molecule is C/C=C/c1cc(Nc2cc(Oc3ccc4[nH]c(C)cc4c3F)ncn2)n[nH]1. The number of nitrogens with one attached hydrogen (secondary N) is 3. The van der Waals surface area contributed by atoms with Crippen molar-refractivity contribution in [3.05, 3.63) is 59.9 Å². The van der Waals surface area contributed by atoms with E-state index in [-0.39, 0.29) is 11.6 Å². The smallest absolute Gasteiger partial charge is 0.224 e. The van der Waals surface area contributed by atoms with Crippen molar-refractivity contribution in [1.29, 1.82) is 0 Å². The average molecular weight is 364 g/mol. The van der Waals surface area contributed by atoms with Gasteiger partial charge in [0.05, 0.1) is 5.69 Å². The Labute approximate surface area is 154 Å². The van der Waals surface area contributed by atoms with Crippen LogP contribution < -0.4 is 10.1 Å². The predicted octanol–water partition coefficient (Wildman–Crippen LogP) is 4.70. The van der Waals surface area contributed by atoms with E-state index >= 15 is 0 Å². The highest BCUT2D eigenvalue weighted by atomic mass is 19.1. The summed E-state index contributed by atoms with van der Waals surface area (Å²) in [7, 11) is 0. The lowest BCUT2D eigenvalue weighted by atomic mass is 10.2. The standard InChI is InChI=1S/C19H17FN6O/c1-3-4-12-8-17(26-25-12)24-16-9-18(22-10-21-16)27-15-6-5-14-13(19(15)20)7-11(2)23-14/h3-10,23H,1-2H3,(H2,21,22,24,25,26)/b4-3+. The number of halogens is 1. The van der Waals surface area contributed by atoms with Crippen molar-refractivity contribution in [3.8, 4) is 11.6 Å². The zero-order valence-corrected chi connectivity index (χ0v) is 14.7. The van der Waals surface area contributed by atoms with Gasteiger partial charge < -0.3 is 15.0 Å². The Bertz CT molecular complexity index is 1130. The summed E-state index contributed by atoms with van der Waals surface area (Å²) in [6, 6.07) is 8.50. The van der Waals surface area contributed by atoms with Crippen molar-refractivity contribution in [2.24, 2.45) is 0 Å². The third kappa shape index (κ3) is 3.50. The molecule has 4 rings (SSSR count). The van der Waals surface area contributed by atoms with Crippen LogP contribution in [-0.4, -0.2) is 25.1 Å². The van der Waals surface area contributed by atoms with E-state index in [1.807, 2.05) is 32.1 Å². The number of fused-ring (bicyclic) bond motifs is 1. The number of hydrogen-bond acceptors (Lipinski definition) is 5. The molecule has 136 valence electrons. The number of nitrogens with zero attached hydrogens (tertiary/aromatic N) is 3. The number of hydrogen-bond donors (Lipinski definition) is 3. The van der Waals surface area contributed by atoms with Crippen LogP contribution in [0.15, 0.2) is 42.7 Å². The van der Waals surface area contributed by atoms with Gasteiger partial charge in [0, 0.05) is 28.7 Å². The normalized spacial score (nSPS) is 11.4. The fraction of sp³-hybridized carbons (Fsp3) is 0.105. The summed E-state index contributed by atoms with van der Waals surface area (Å²) in [6.07, 6.45) is 5.15. The van der Waals surface area contributed by atoms with Gasteiger partial charge in [-0.05, 0) is 38.1 Å². The number of allylic oxidation sites excluding steroid dienone is 1. The molecule has 1 aromatic carbocycles. The summed E-state index contributed by atoms with van der Waals surface area (Å²) in [6.45, 7) is 3.80. The lowest BCUT2D eigenvalue weighted by Crippen LogP contribution is -1.97. The van der Waals surface area contributed by atoms with Gasteiger partial charge in [0.15, 0.2) is 17.4 Å². The van der Waals surface area contributed by atoms with Crippen LogP contribution in [0, 0.1) is 12.7 Å². The first-order chi connectivity index (χ1) is 13.1. The van der Waals surface area contributed by atoms with Crippen LogP contribution in [0.5, 0.6) is 11.6 Å². The van der Waals surface area contributed by atoms with E-state index in [0.717, 1.165) is 16.9 Å². The lowest BCUT2D eigenvalue weighted by Gasteiger charge is -2.08. The number of anilines is 2. The Hall–Kier alpha value is -3.68. The van der Waals surface area contributed by atoms with Crippen LogP contribution in [0.3, 0.4) is 0 Å². The van der Waals surface area contributed by atoms with Crippen molar-refractivity contribution in [3.63, 3.8) is 0 Å². The van der Waals surface area contributed by atoms with E-state index in [1.165, 1.54) is 6.33 Å². The molecule has 0 saturated heterocycles. The Morgan fingerprint density at radius 1 is 1.15 bits per heavy atom. The summed E-state index contributed by atoms with van der Waals surface area (Å²) in [5.41, 5.74) is 2.46. The molecule has 0 aliphatic rings. The first-order valence-electron chi connectivity index (χ1n) is 8.35. The second-order valence-electron chi connectivity index (χ2n) is 5.97. The molecular weight excluding hydrogens is 347 g/mol. The van der Waals surface area contributed by atoms with Crippen molar-refractivity contribution < 1.29 is 9.13 Å². The molecule has 0 saturated carbocycles. The minimum Gasteiger partial charge on any atom is -0.436 e. The molecule has 4 aromatic rings. The number of ether oxygens (including phenoxy) is 1. The highest BCUT2D eigenvalue weighted by Gasteiger charge is 2.12. The molecule has 0 bridgehead atoms. The Balaban J connectivity index is 1.56. The average Bonchev–Trinajstić information content (AvgIpc) is 3.24. The quantitative estimate of drug-likeness (QED) is 0.477. The van der Waals surface area contributed by atoms with E-state index in [0.29, 0.717) is 17.0 Å². The molecule has 0 unspecified atom stereocenters. The monoisotopic (exact) mass is 364 g/mol. The molecule has 8 heteroatoms. The van der Waals surface area contributed by atoms with Crippen LogP contribution in [0.4, 0.5) is 16.0 Å². The summed E-state index contributed by atoms with van der Waals surface area (Å²) >= 11 is 0. The van der Waals surface area contributed by atoms with E-state index in [4.69, 9.17) is 4.74 Å². The molecule has 3 N–H and O–H groups in total. The zero-order valence-electron chi connectivity index (χ0n) is 14.7. The van der Waals surface area contributed by atoms with E-state index in [2.05, 4.69) is 30.5 Å². The molecule has 0 atom stereocenters. The van der Waals surface area contributed by atoms with Crippen molar-refractivity contribution >= 4 is 28.6 Å². The molecule has 7 nitrogen and oxygen atoms in total. The molecule has 3 heterocycles. The first-order valence-corrected chi connectivity index (χ1v) is 8.35. The van der Waals surface area contributed by atoms with E-state index in [1.54, 1.807) is 24.3 Å². The van der Waals surface area contributed by atoms with Gasteiger partial charge in [-0.15, -0.1) is 0 Å². The maximum Gasteiger partial charge on any atom is 0.224 e. The third-order valence-electron chi connectivity index (χ3n) is 3.89. The second kappa shape index (κ2) is 6.91. The molecule has 0 aliphatic carbocycles. The van der Waals surface area contributed by atoms with Gasteiger partial charge in [-0.25, -0.2) is 14.4 Å². The molecule has 27 heavy (non-hydrogen) atoms. The number of rotatable bonds is 5. The van der Waals surface area contributed by atoms with Gasteiger partial charge in [-0.2, -0.15) is 5.10 Å². The number of H-pyrrole nitrogens is 2. The summed E-state index contributed by atoms with van der Waals surface area (Å²) in [4.78, 5) is 11.3. The van der Waals surface area contributed by atoms with Gasteiger partial charge in [0.25, 0.3) is 0 Å². The van der Waals surface area contributed by atoms with Gasteiger partial charge in [0.1, 0.15) is 12.1 Å². The molecule has 3 aromatic heterocycles. The van der Waals surface area contributed by atoms with Gasteiger partial charge in [0.2, 0.25) is 5.88 Å². The number of aryl methyl sites for hydroxylation is 1. The zero-order chi connectivity index (χ0) is 18.8. The van der Waals surface area contributed by atoms with Gasteiger partial charge in [-0.3, -0.25) is 5.10 Å². The Kier molecular flexibility index (Phi) is 4.29. The summed E-state index contributed by atoms with van der Waals surface area (Å²) in [5, 5.41) is 10.6. The van der Waals surface area contributed by atoms with Crippen molar-refractivity contribution in [2.45, 2.75) is 13.8 Å². The lowest BCUT2D eigenvalue weighted by molar-refractivity contribution is 0.430. The number of aromatic nitrogens is 5. The molecule has 0 spiro atoms. The largest absolute Gasteiger partial charge is 0.436 e. The highest BCUT2D eigenvalue weighted by molar-refractivity contribution is 5.82. The number of aromatic amines is 2. The number of benzene rings is 1. The molecule has 0 fully saturated rings. The first kappa shape index (κ1) is 16.8. The van der Waals surface area contributed by atoms with Crippen LogP contribution >= 0.6 is 0 Å². The molecule has 0 amide bonds. The molecular formula is C19H17FN6O. The Morgan fingerprint density at radius 3 is 2.89 bits per heavy atom. The summed E-state index contributed by atoms with van der Waals surface area (Å²) < 4.78 is 20.3. The summed E-state index contributed by atoms with van der Waals surface area (Å²) in [5.74, 6) is 0.970. The molecule has 0 aliphatic heterocycles. The van der Waals surface area contributed by atoms with E-state index in [9.17, 15) is 4.39 Å². The van der Waals surface area contributed by atoms with Gasteiger partial charge >= 0.3 is 0 Å². The molecule has 0 radical (unpaired) electrons. The van der Waals surface area contributed by atoms with Crippen molar-refractivity contribution in [1.82, 2.24) is 25.1 Å². The highest BCUT2D eigenvalue weighted by Crippen LogP contribution is 2.30. The van der Waals surface area contributed by atoms with Crippen LogP contribution in [0.1, 0.15) is 18.3 Å². The second-order valence-corrected chi connectivity index (χ2v) is 5.97. The van der Waals surface area contributed by atoms with Crippen LogP contribution in [0.25, 0.3) is 17.0 Å². The predicted molar refractivity (Wildman–Crippen MR) is 102 cm³/mol. The third-order valence-corrected chi connectivity index (χ3v) is 3.89.